The zero-order valence-corrected chi connectivity index (χ0v) is 18.6. The van der Waals surface area contributed by atoms with Gasteiger partial charge in [-0.15, -0.1) is 0 Å². The number of aromatic nitrogens is 2. The predicted molar refractivity (Wildman–Crippen MR) is 114 cm³/mol. The summed E-state index contributed by atoms with van der Waals surface area (Å²) in [5, 5.41) is 5.78. The summed E-state index contributed by atoms with van der Waals surface area (Å²) < 4.78 is 15.8. The normalized spacial score (nSPS) is 15.4. The Balaban J connectivity index is 2.07. The Labute approximate surface area is 180 Å². The highest BCUT2D eigenvalue weighted by molar-refractivity contribution is 6.33. The van der Waals surface area contributed by atoms with Crippen LogP contribution in [-0.2, 0) is 17.9 Å². The molecule has 0 bridgehead atoms. The highest BCUT2D eigenvalue weighted by atomic mass is 35.5. The second kappa shape index (κ2) is 8.35. The van der Waals surface area contributed by atoms with Gasteiger partial charge in [0.15, 0.2) is 5.69 Å². The van der Waals surface area contributed by atoms with E-state index in [4.69, 9.17) is 11.6 Å². The van der Waals surface area contributed by atoms with E-state index in [1.165, 1.54) is 25.2 Å². The lowest BCUT2D eigenvalue weighted by molar-refractivity contribution is -0.124. The van der Waals surface area contributed by atoms with Gasteiger partial charge in [-0.1, -0.05) is 32.4 Å². The van der Waals surface area contributed by atoms with Crippen molar-refractivity contribution in [2.24, 2.45) is 5.41 Å². The molecule has 0 spiro atoms. The molecular weight excluding hydrogens is 409 g/mol. The number of nitrogens with zero attached hydrogens (tertiary/aromatic N) is 3. The molecule has 30 heavy (non-hydrogen) atoms. The monoisotopic (exact) mass is 435 g/mol. The van der Waals surface area contributed by atoms with Crippen LogP contribution in [0.25, 0.3) is 11.4 Å². The van der Waals surface area contributed by atoms with E-state index >= 15 is 0 Å². The minimum Gasteiger partial charge on any atom is -0.357 e. The molecule has 2 N–H and O–H groups in total. The number of amides is 2. The quantitative estimate of drug-likeness (QED) is 0.773. The summed E-state index contributed by atoms with van der Waals surface area (Å²) in [4.78, 5) is 32.2. The van der Waals surface area contributed by atoms with Gasteiger partial charge >= 0.3 is 0 Å². The van der Waals surface area contributed by atoms with E-state index in [1.54, 1.807) is 0 Å². The van der Waals surface area contributed by atoms with Crippen molar-refractivity contribution < 1.29 is 14.0 Å². The number of carbonyl (C=O) groups is 2. The van der Waals surface area contributed by atoms with E-state index < -0.39 is 23.2 Å². The third kappa shape index (κ3) is 4.34. The van der Waals surface area contributed by atoms with Crippen molar-refractivity contribution in [1.82, 2.24) is 25.1 Å². The molecule has 2 amide bonds. The van der Waals surface area contributed by atoms with Crippen molar-refractivity contribution in [3.8, 4) is 11.4 Å². The minimum atomic E-state index is -0.741. The molecule has 7 nitrogen and oxygen atoms in total. The lowest BCUT2D eigenvalue weighted by atomic mass is 9.86. The molecule has 1 aromatic carbocycles. The van der Waals surface area contributed by atoms with Crippen LogP contribution >= 0.6 is 11.6 Å². The summed E-state index contributed by atoms with van der Waals surface area (Å²) in [5.41, 5.74) is 0.859. The number of imidazole rings is 1. The van der Waals surface area contributed by atoms with Crippen molar-refractivity contribution in [3.63, 3.8) is 0 Å². The Kier molecular flexibility index (Phi) is 6.19. The predicted octanol–water partition coefficient (Wildman–Crippen LogP) is 2.68. The zero-order chi connectivity index (χ0) is 22.2. The summed E-state index contributed by atoms with van der Waals surface area (Å²) >= 11 is 6.31. The number of carbonyl (C=O) groups excluding carboxylic acids is 2. The Morgan fingerprint density at radius 2 is 1.97 bits per heavy atom. The summed E-state index contributed by atoms with van der Waals surface area (Å²) in [6.45, 7) is 7.48. The Hall–Kier alpha value is -2.45. The minimum absolute atomic E-state index is 0.218. The third-order valence-corrected chi connectivity index (χ3v) is 5.56. The number of hydrogen-bond donors (Lipinski definition) is 2. The Bertz CT molecular complexity index is 983. The maximum atomic E-state index is 13.9. The number of hydrogen-bond acceptors (Lipinski definition) is 4. The second-order valence-corrected chi connectivity index (χ2v) is 9.04. The van der Waals surface area contributed by atoms with Crippen LogP contribution in [0.15, 0.2) is 18.2 Å². The van der Waals surface area contributed by atoms with Crippen LogP contribution in [0.3, 0.4) is 0 Å². The lowest BCUT2D eigenvalue weighted by Crippen LogP contribution is -2.53. The molecular formula is C21H27ClFN5O2. The first-order valence-corrected chi connectivity index (χ1v) is 10.2. The van der Waals surface area contributed by atoms with Gasteiger partial charge < -0.3 is 15.2 Å². The smallest absolute Gasteiger partial charge is 0.272 e. The number of rotatable bonds is 4. The fourth-order valence-corrected chi connectivity index (χ4v) is 3.77. The van der Waals surface area contributed by atoms with Crippen molar-refractivity contribution >= 4 is 23.4 Å². The van der Waals surface area contributed by atoms with Crippen LogP contribution in [0, 0.1) is 11.2 Å². The molecule has 1 unspecified atom stereocenters. The first kappa shape index (κ1) is 22.2. The van der Waals surface area contributed by atoms with Crippen molar-refractivity contribution in [3.05, 3.63) is 40.4 Å². The number of fused-ring (bicyclic) bond motifs is 1. The molecule has 0 aliphatic carbocycles. The second-order valence-electron chi connectivity index (χ2n) is 8.63. The summed E-state index contributed by atoms with van der Waals surface area (Å²) in [6.07, 6.45) is 0. The van der Waals surface area contributed by atoms with E-state index in [0.29, 0.717) is 35.2 Å². The topological polar surface area (TPSA) is 79.3 Å². The number of likely N-dealkylation sites (N-methyl/N-ethyl adjacent to an activating group) is 2. The average Bonchev–Trinajstić information content (AvgIpc) is 3.04. The van der Waals surface area contributed by atoms with E-state index in [9.17, 15) is 14.0 Å². The number of halogens is 2. The highest BCUT2D eigenvalue weighted by Gasteiger charge is 2.35. The van der Waals surface area contributed by atoms with Crippen LogP contribution in [-0.4, -0.2) is 52.9 Å². The lowest BCUT2D eigenvalue weighted by Gasteiger charge is -2.30. The van der Waals surface area contributed by atoms with Gasteiger partial charge in [-0.3, -0.25) is 14.5 Å². The van der Waals surface area contributed by atoms with Gasteiger partial charge in [0.05, 0.1) is 10.7 Å². The summed E-state index contributed by atoms with van der Waals surface area (Å²) in [5.74, 6) is -0.719. The average molecular weight is 436 g/mol. The zero-order valence-electron chi connectivity index (χ0n) is 17.8. The van der Waals surface area contributed by atoms with Crippen molar-refractivity contribution in [1.29, 1.82) is 0 Å². The molecule has 1 aromatic heterocycles. The van der Waals surface area contributed by atoms with Gasteiger partial charge in [0.2, 0.25) is 5.91 Å². The standard InChI is InChI=1S/C21H27ClFN5O2/c1-21(2,3)17(20(30)24-4)26-19(29)16-15-11-27(5)8-9-28(15)18(25-16)13-10-12(23)6-7-14(13)22/h6-7,10,17H,8-9,11H2,1-5H3,(H,24,30)(H,26,29). The van der Waals surface area contributed by atoms with Gasteiger partial charge in [-0.25, -0.2) is 9.37 Å². The maximum Gasteiger partial charge on any atom is 0.272 e. The summed E-state index contributed by atoms with van der Waals surface area (Å²) in [6, 6.07) is 3.34. The van der Waals surface area contributed by atoms with Crippen molar-refractivity contribution in [2.45, 2.75) is 39.9 Å². The van der Waals surface area contributed by atoms with Gasteiger partial charge in [0, 0.05) is 32.2 Å². The fraction of sp³-hybridized carbons (Fsp3) is 0.476. The highest BCUT2D eigenvalue weighted by Crippen LogP contribution is 2.32. The number of benzene rings is 1. The van der Waals surface area contributed by atoms with Crippen LogP contribution in [0.2, 0.25) is 5.02 Å². The molecule has 0 saturated carbocycles. The molecule has 0 fully saturated rings. The van der Waals surface area contributed by atoms with Crippen molar-refractivity contribution in [2.75, 3.05) is 20.6 Å². The van der Waals surface area contributed by atoms with E-state index in [0.717, 1.165) is 6.54 Å². The molecule has 1 atom stereocenters. The number of nitrogens with one attached hydrogen (secondary N) is 2. The van der Waals surface area contributed by atoms with Crippen LogP contribution in [0.5, 0.6) is 0 Å². The van der Waals surface area contributed by atoms with Gasteiger partial charge in [0.25, 0.3) is 5.91 Å². The molecule has 1 aliphatic heterocycles. The van der Waals surface area contributed by atoms with Crippen LogP contribution in [0.4, 0.5) is 4.39 Å². The SMILES string of the molecule is CNC(=O)C(NC(=O)c1nc(-c2cc(F)ccc2Cl)n2c1CN(C)CC2)C(C)(C)C. The molecule has 0 saturated heterocycles. The Morgan fingerprint density at radius 1 is 1.27 bits per heavy atom. The van der Waals surface area contributed by atoms with Gasteiger partial charge in [0.1, 0.15) is 17.7 Å². The molecule has 0 radical (unpaired) electrons. The fourth-order valence-electron chi connectivity index (χ4n) is 3.57. The Morgan fingerprint density at radius 3 is 2.60 bits per heavy atom. The van der Waals surface area contributed by atoms with Crippen LogP contribution < -0.4 is 10.6 Å². The third-order valence-electron chi connectivity index (χ3n) is 5.23. The van der Waals surface area contributed by atoms with E-state index in [-0.39, 0.29) is 11.6 Å². The molecule has 2 heterocycles. The first-order valence-electron chi connectivity index (χ1n) is 9.78. The molecule has 3 rings (SSSR count). The van der Waals surface area contributed by atoms with E-state index in [1.807, 2.05) is 32.4 Å². The first-order chi connectivity index (χ1) is 14.0. The van der Waals surface area contributed by atoms with Gasteiger partial charge in [-0.05, 0) is 30.7 Å². The molecule has 9 heteroatoms. The van der Waals surface area contributed by atoms with Crippen LogP contribution in [0.1, 0.15) is 37.0 Å². The maximum absolute atomic E-state index is 13.9. The largest absolute Gasteiger partial charge is 0.357 e. The van der Waals surface area contributed by atoms with Gasteiger partial charge in [-0.2, -0.15) is 0 Å². The van der Waals surface area contributed by atoms with E-state index in [2.05, 4.69) is 20.5 Å². The molecule has 162 valence electrons. The molecule has 2 aromatic rings. The summed E-state index contributed by atoms with van der Waals surface area (Å²) in [7, 11) is 3.49. The molecule has 1 aliphatic rings.